The minimum absolute atomic E-state index is 0.0100. The standard InChI is InChI=1S/C17H17F3N2O/c18-17(19,20)14-7-4-6-13(12-14)16(23)22-11-5-10-21-15-8-2-1-3-9-15/h1-4,6-9,12,21H,5,10-11H2,(H,22,23). The third-order valence-corrected chi connectivity index (χ3v) is 3.19. The first kappa shape index (κ1) is 16.9. The van der Waals surface area contributed by atoms with Gasteiger partial charge in [-0.1, -0.05) is 24.3 Å². The lowest BCUT2D eigenvalue weighted by Gasteiger charge is -2.10. The molecule has 23 heavy (non-hydrogen) atoms. The maximum atomic E-state index is 12.6. The molecule has 1 amide bonds. The van der Waals surface area contributed by atoms with Crippen LogP contribution in [0.1, 0.15) is 22.3 Å². The smallest absolute Gasteiger partial charge is 0.385 e. The van der Waals surface area contributed by atoms with Crippen LogP contribution in [0, 0.1) is 0 Å². The molecule has 0 aliphatic rings. The van der Waals surface area contributed by atoms with Crippen LogP contribution in [-0.4, -0.2) is 19.0 Å². The summed E-state index contributed by atoms with van der Waals surface area (Å²) in [5, 5.41) is 5.80. The second kappa shape index (κ2) is 7.67. The van der Waals surface area contributed by atoms with E-state index in [0.29, 0.717) is 19.5 Å². The van der Waals surface area contributed by atoms with Gasteiger partial charge in [-0.15, -0.1) is 0 Å². The van der Waals surface area contributed by atoms with Crippen LogP contribution in [-0.2, 0) is 6.18 Å². The predicted octanol–water partition coefficient (Wildman–Crippen LogP) is 3.94. The number of halogens is 3. The molecule has 2 N–H and O–H groups in total. The van der Waals surface area contributed by atoms with Crippen molar-refractivity contribution in [1.82, 2.24) is 5.32 Å². The summed E-state index contributed by atoms with van der Waals surface area (Å²) in [6, 6.07) is 14.0. The number of rotatable bonds is 6. The number of anilines is 1. The number of nitrogens with one attached hydrogen (secondary N) is 2. The van der Waals surface area contributed by atoms with Crippen molar-refractivity contribution in [2.75, 3.05) is 18.4 Å². The van der Waals surface area contributed by atoms with Crippen molar-refractivity contribution in [3.63, 3.8) is 0 Å². The molecule has 0 aromatic heterocycles. The highest BCUT2D eigenvalue weighted by Crippen LogP contribution is 2.29. The van der Waals surface area contributed by atoms with Gasteiger partial charge in [0.05, 0.1) is 5.56 Å². The fourth-order valence-corrected chi connectivity index (χ4v) is 2.02. The molecule has 0 spiro atoms. The van der Waals surface area contributed by atoms with E-state index in [2.05, 4.69) is 10.6 Å². The Balaban J connectivity index is 1.77. The molecule has 0 heterocycles. The molecule has 0 atom stereocenters. The van der Waals surface area contributed by atoms with E-state index in [0.717, 1.165) is 17.8 Å². The van der Waals surface area contributed by atoms with E-state index in [1.54, 1.807) is 0 Å². The highest BCUT2D eigenvalue weighted by molar-refractivity contribution is 5.94. The van der Waals surface area contributed by atoms with Crippen molar-refractivity contribution in [2.45, 2.75) is 12.6 Å². The summed E-state index contributed by atoms with van der Waals surface area (Å²) >= 11 is 0. The maximum Gasteiger partial charge on any atom is 0.416 e. The summed E-state index contributed by atoms with van der Waals surface area (Å²) in [7, 11) is 0. The quantitative estimate of drug-likeness (QED) is 0.791. The highest BCUT2D eigenvalue weighted by atomic mass is 19.4. The Bertz CT molecular complexity index is 642. The molecule has 0 fully saturated rings. The van der Waals surface area contributed by atoms with E-state index >= 15 is 0 Å². The molecule has 0 radical (unpaired) electrons. The zero-order chi connectivity index (χ0) is 16.7. The van der Waals surface area contributed by atoms with E-state index in [-0.39, 0.29) is 5.56 Å². The zero-order valence-corrected chi connectivity index (χ0v) is 12.4. The minimum atomic E-state index is -4.45. The van der Waals surface area contributed by atoms with Crippen molar-refractivity contribution in [2.24, 2.45) is 0 Å². The van der Waals surface area contributed by atoms with Crippen LogP contribution < -0.4 is 10.6 Å². The van der Waals surface area contributed by atoms with Gasteiger partial charge in [0.2, 0.25) is 0 Å². The lowest BCUT2D eigenvalue weighted by molar-refractivity contribution is -0.137. The molecule has 2 rings (SSSR count). The number of benzene rings is 2. The molecule has 2 aromatic carbocycles. The average molecular weight is 322 g/mol. The summed E-state index contributed by atoms with van der Waals surface area (Å²) in [6.45, 7) is 1.04. The van der Waals surface area contributed by atoms with E-state index in [1.807, 2.05) is 30.3 Å². The molecule has 0 bridgehead atoms. The van der Waals surface area contributed by atoms with Crippen LogP contribution in [0.15, 0.2) is 54.6 Å². The molecule has 0 aliphatic heterocycles. The second-order valence-corrected chi connectivity index (χ2v) is 4.98. The van der Waals surface area contributed by atoms with Crippen LogP contribution >= 0.6 is 0 Å². The average Bonchev–Trinajstić information content (AvgIpc) is 2.54. The zero-order valence-electron chi connectivity index (χ0n) is 12.4. The predicted molar refractivity (Wildman–Crippen MR) is 83.3 cm³/mol. The van der Waals surface area contributed by atoms with Crippen molar-refractivity contribution in [3.05, 3.63) is 65.7 Å². The van der Waals surface area contributed by atoms with Crippen LogP contribution in [0.3, 0.4) is 0 Å². The number of hydrogen-bond donors (Lipinski definition) is 2. The Labute approximate surface area is 132 Å². The largest absolute Gasteiger partial charge is 0.416 e. The van der Waals surface area contributed by atoms with Crippen LogP contribution in [0.4, 0.5) is 18.9 Å². The van der Waals surface area contributed by atoms with Gasteiger partial charge in [0.1, 0.15) is 0 Å². The summed E-state index contributed by atoms with van der Waals surface area (Å²) < 4.78 is 37.8. The number of para-hydroxylation sites is 1. The van der Waals surface area contributed by atoms with E-state index in [9.17, 15) is 18.0 Å². The Morgan fingerprint density at radius 3 is 2.39 bits per heavy atom. The van der Waals surface area contributed by atoms with Gasteiger partial charge in [0, 0.05) is 24.3 Å². The van der Waals surface area contributed by atoms with E-state index < -0.39 is 17.6 Å². The molecule has 0 unspecified atom stereocenters. The molecule has 2 aromatic rings. The van der Waals surface area contributed by atoms with E-state index in [1.165, 1.54) is 12.1 Å². The van der Waals surface area contributed by atoms with E-state index in [4.69, 9.17) is 0 Å². The molecule has 6 heteroatoms. The third kappa shape index (κ3) is 5.32. The Morgan fingerprint density at radius 1 is 0.957 bits per heavy atom. The molecule has 0 saturated heterocycles. The maximum absolute atomic E-state index is 12.6. The number of carbonyl (C=O) groups excluding carboxylic acids is 1. The summed E-state index contributed by atoms with van der Waals surface area (Å²) in [6.07, 6.45) is -3.78. The van der Waals surface area contributed by atoms with Gasteiger partial charge < -0.3 is 10.6 Å². The fourth-order valence-electron chi connectivity index (χ4n) is 2.02. The fraction of sp³-hybridized carbons (Fsp3) is 0.235. The van der Waals surface area contributed by atoms with Gasteiger partial charge in [-0.05, 0) is 36.8 Å². The molecule has 0 aliphatic carbocycles. The first-order valence-electron chi connectivity index (χ1n) is 7.21. The monoisotopic (exact) mass is 322 g/mol. The topological polar surface area (TPSA) is 41.1 Å². The molecule has 122 valence electrons. The van der Waals surface area contributed by atoms with Gasteiger partial charge in [-0.25, -0.2) is 0 Å². The summed E-state index contributed by atoms with van der Waals surface area (Å²) in [5.74, 6) is -0.504. The van der Waals surface area contributed by atoms with Gasteiger partial charge in [-0.2, -0.15) is 13.2 Å². The molecule has 3 nitrogen and oxygen atoms in total. The van der Waals surface area contributed by atoms with Crippen LogP contribution in [0.2, 0.25) is 0 Å². The number of amides is 1. The van der Waals surface area contributed by atoms with Crippen molar-refractivity contribution in [3.8, 4) is 0 Å². The lowest BCUT2D eigenvalue weighted by atomic mass is 10.1. The Kier molecular flexibility index (Phi) is 5.62. The van der Waals surface area contributed by atoms with Gasteiger partial charge in [0.15, 0.2) is 0 Å². The van der Waals surface area contributed by atoms with Crippen molar-refractivity contribution < 1.29 is 18.0 Å². The van der Waals surface area contributed by atoms with Gasteiger partial charge in [0.25, 0.3) is 5.91 Å². The Hall–Kier alpha value is -2.50. The third-order valence-electron chi connectivity index (χ3n) is 3.19. The summed E-state index contributed by atoms with van der Waals surface area (Å²) in [5.41, 5.74) is 0.170. The normalized spacial score (nSPS) is 11.1. The number of carbonyl (C=O) groups is 1. The Morgan fingerprint density at radius 2 is 1.70 bits per heavy atom. The van der Waals surface area contributed by atoms with Gasteiger partial charge >= 0.3 is 6.18 Å². The second-order valence-electron chi connectivity index (χ2n) is 4.98. The first-order chi connectivity index (χ1) is 11.0. The van der Waals surface area contributed by atoms with Crippen LogP contribution in [0.25, 0.3) is 0 Å². The number of alkyl halides is 3. The number of hydrogen-bond acceptors (Lipinski definition) is 2. The van der Waals surface area contributed by atoms with Gasteiger partial charge in [-0.3, -0.25) is 4.79 Å². The van der Waals surface area contributed by atoms with Crippen molar-refractivity contribution >= 4 is 11.6 Å². The molecular weight excluding hydrogens is 305 g/mol. The molecule has 0 saturated carbocycles. The SMILES string of the molecule is O=C(NCCCNc1ccccc1)c1cccc(C(F)(F)F)c1. The van der Waals surface area contributed by atoms with Crippen LogP contribution in [0.5, 0.6) is 0 Å². The highest BCUT2D eigenvalue weighted by Gasteiger charge is 2.30. The molecular formula is C17H17F3N2O. The minimum Gasteiger partial charge on any atom is -0.385 e. The van der Waals surface area contributed by atoms with Crippen molar-refractivity contribution in [1.29, 1.82) is 0 Å². The lowest BCUT2D eigenvalue weighted by Crippen LogP contribution is -2.26. The first-order valence-corrected chi connectivity index (χ1v) is 7.21. The summed E-state index contributed by atoms with van der Waals surface area (Å²) in [4.78, 5) is 11.9.